The van der Waals surface area contributed by atoms with Crippen molar-refractivity contribution in [3.8, 4) is 5.75 Å². The molecule has 3 heterocycles. The summed E-state index contributed by atoms with van der Waals surface area (Å²) in [6, 6.07) is 14.9. The molecule has 4 aromatic rings. The van der Waals surface area contributed by atoms with Crippen LogP contribution in [0.25, 0.3) is 5.65 Å². The molecule has 1 aromatic carbocycles. The zero-order valence-electron chi connectivity index (χ0n) is 25.5. The number of nitrogens with zero attached hydrogens (tertiary/aromatic N) is 4. The highest BCUT2D eigenvalue weighted by atomic mass is 16.5. The van der Waals surface area contributed by atoms with E-state index in [2.05, 4.69) is 52.7 Å². The van der Waals surface area contributed by atoms with Crippen molar-refractivity contribution in [2.45, 2.75) is 90.7 Å². The van der Waals surface area contributed by atoms with Gasteiger partial charge in [-0.1, -0.05) is 65.8 Å². The second kappa shape index (κ2) is 11.2. The minimum absolute atomic E-state index is 0.118. The fourth-order valence-electron chi connectivity index (χ4n) is 5.24. The molecule has 0 unspecified atom stereocenters. The van der Waals surface area contributed by atoms with Gasteiger partial charge in [-0.05, 0) is 54.7 Å². The molecular weight excluding hydrogens is 528 g/mol. The smallest absolute Gasteiger partial charge is 0.319 e. The maximum absolute atomic E-state index is 13.2. The number of ketones is 1. The number of amides is 2. The number of hydrogen-bond acceptors (Lipinski definition) is 6. The molecule has 0 aliphatic heterocycles. The van der Waals surface area contributed by atoms with Crippen molar-refractivity contribution in [2.75, 3.05) is 5.32 Å². The minimum atomic E-state index is -0.334. The van der Waals surface area contributed by atoms with Crippen LogP contribution in [0.1, 0.15) is 113 Å². The fourth-order valence-corrected chi connectivity index (χ4v) is 5.24. The molecule has 0 saturated carbocycles. The third-order valence-electron chi connectivity index (χ3n) is 8.10. The summed E-state index contributed by atoms with van der Waals surface area (Å²) in [6.07, 6.45) is 4.19. The average molecular weight is 569 g/mol. The molecule has 2 atom stereocenters. The first-order valence-corrected chi connectivity index (χ1v) is 14.6. The normalized spacial score (nSPS) is 17.0. The van der Waals surface area contributed by atoms with Gasteiger partial charge in [-0.15, -0.1) is 10.2 Å². The largest absolute Gasteiger partial charge is 0.484 e. The summed E-state index contributed by atoms with van der Waals surface area (Å²) in [6.45, 7) is 14.0. The highest BCUT2D eigenvalue weighted by Crippen LogP contribution is 2.39. The van der Waals surface area contributed by atoms with Gasteiger partial charge < -0.3 is 15.4 Å². The number of urea groups is 1. The third-order valence-corrected chi connectivity index (χ3v) is 8.10. The van der Waals surface area contributed by atoms with Crippen molar-refractivity contribution in [1.29, 1.82) is 0 Å². The number of carbonyl (C=O) groups excluding carboxylic acids is 2. The molecule has 5 rings (SSSR count). The van der Waals surface area contributed by atoms with E-state index in [1.807, 2.05) is 67.8 Å². The molecule has 0 fully saturated rings. The van der Waals surface area contributed by atoms with Crippen LogP contribution in [-0.4, -0.2) is 31.4 Å². The minimum Gasteiger partial charge on any atom is -0.484 e. The lowest BCUT2D eigenvalue weighted by Crippen LogP contribution is -2.35. The number of aromatic nitrogens is 4. The maximum atomic E-state index is 13.2. The van der Waals surface area contributed by atoms with Crippen molar-refractivity contribution >= 4 is 23.1 Å². The second-order valence-electron chi connectivity index (χ2n) is 12.8. The molecule has 2 amide bonds. The predicted octanol–water partition coefficient (Wildman–Crippen LogP) is 7.09. The summed E-state index contributed by atoms with van der Waals surface area (Å²) >= 11 is 0. The van der Waals surface area contributed by atoms with Crippen LogP contribution in [0.3, 0.4) is 0 Å². The number of nitrogens with one attached hydrogen (secondary N) is 2. The van der Waals surface area contributed by atoms with Gasteiger partial charge in [0.05, 0.1) is 12.2 Å². The number of Topliss-reactive ketones (excluding diaryl/α,β-unsaturated/α-hetero) is 1. The summed E-state index contributed by atoms with van der Waals surface area (Å²) in [5.74, 6) is 1.50. The number of hydrogen-bond donors (Lipinski definition) is 2. The van der Waals surface area contributed by atoms with Gasteiger partial charge in [0.1, 0.15) is 23.4 Å². The quantitative estimate of drug-likeness (QED) is 0.230. The van der Waals surface area contributed by atoms with Gasteiger partial charge in [-0.3, -0.25) is 9.20 Å². The molecule has 3 aromatic heterocycles. The van der Waals surface area contributed by atoms with Crippen LogP contribution in [0.2, 0.25) is 0 Å². The highest BCUT2D eigenvalue weighted by molar-refractivity contribution is 5.95. The Morgan fingerprint density at radius 3 is 2.43 bits per heavy atom. The van der Waals surface area contributed by atoms with Gasteiger partial charge in [0.15, 0.2) is 11.4 Å². The molecule has 0 spiro atoms. The van der Waals surface area contributed by atoms with Gasteiger partial charge in [-0.25, -0.2) is 9.78 Å². The van der Waals surface area contributed by atoms with Crippen molar-refractivity contribution in [1.82, 2.24) is 24.9 Å². The number of anilines is 1. The fraction of sp³-hybridized carbons (Fsp3) is 0.424. The molecule has 2 N–H and O–H groups in total. The van der Waals surface area contributed by atoms with Crippen LogP contribution in [0.15, 0.2) is 54.7 Å². The summed E-state index contributed by atoms with van der Waals surface area (Å²) in [5.41, 5.74) is 4.08. The van der Waals surface area contributed by atoms with Crippen molar-refractivity contribution in [2.24, 2.45) is 0 Å². The van der Waals surface area contributed by atoms with Crippen molar-refractivity contribution < 1.29 is 14.3 Å². The van der Waals surface area contributed by atoms with Crippen LogP contribution in [-0.2, 0) is 10.8 Å². The molecule has 220 valence electrons. The number of rotatable bonds is 7. The van der Waals surface area contributed by atoms with Crippen LogP contribution >= 0.6 is 0 Å². The molecule has 9 heteroatoms. The van der Waals surface area contributed by atoms with E-state index >= 15 is 0 Å². The number of carbonyl (C=O) groups is 2. The highest BCUT2D eigenvalue weighted by Gasteiger charge is 2.30. The van der Waals surface area contributed by atoms with E-state index in [0.717, 1.165) is 46.9 Å². The van der Waals surface area contributed by atoms with E-state index in [4.69, 9.17) is 4.74 Å². The number of fused-ring (bicyclic) bond motifs is 2. The molecule has 42 heavy (non-hydrogen) atoms. The van der Waals surface area contributed by atoms with E-state index in [-0.39, 0.29) is 34.8 Å². The van der Waals surface area contributed by atoms with Crippen LogP contribution < -0.4 is 15.4 Å². The Kier molecular flexibility index (Phi) is 7.79. The SMILES string of the molecule is CCC(C)(C)c1nnc2ccc(O[C@@H]3CC[C@H](NC(=O)Nc4cc(C(C)=O)nc(C(C)(C)C)c4)c4ccccc43)cn12. The Morgan fingerprint density at radius 2 is 1.74 bits per heavy atom. The van der Waals surface area contributed by atoms with Crippen LogP contribution in [0.4, 0.5) is 10.5 Å². The van der Waals surface area contributed by atoms with Gasteiger partial charge in [-0.2, -0.15) is 0 Å². The Morgan fingerprint density at radius 1 is 1.00 bits per heavy atom. The first-order chi connectivity index (χ1) is 19.9. The standard InChI is InChI=1S/C33H40N6O3/c1-8-33(6,7)30-38-37-29-16-13-22(19-39(29)30)42-27-15-14-25(23-11-9-10-12-24(23)27)36-31(41)34-21-17-26(20(2)40)35-28(18-21)32(3,4)5/h9-13,16-19,25,27H,8,14-15H2,1-7H3,(H2,34,35,36,41)/t25-,27+/m0/s1. The number of pyridine rings is 2. The molecule has 0 bridgehead atoms. The van der Waals surface area contributed by atoms with E-state index in [1.54, 1.807) is 6.07 Å². The van der Waals surface area contributed by atoms with Crippen LogP contribution in [0.5, 0.6) is 5.75 Å². The average Bonchev–Trinajstić information content (AvgIpc) is 3.38. The van der Waals surface area contributed by atoms with E-state index < -0.39 is 0 Å². The lowest BCUT2D eigenvalue weighted by molar-refractivity contribution is 0.101. The Bertz CT molecular complexity index is 1630. The van der Waals surface area contributed by atoms with E-state index in [9.17, 15) is 9.59 Å². The molecule has 1 aliphatic carbocycles. The molecule has 9 nitrogen and oxygen atoms in total. The Balaban J connectivity index is 1.34. The van der Waals surface area contributed by atoms with E-state index in [0.29, 0.717) is 17.8 Å². The molecule has 0 saturated heterocycles. The van der Waals surface area contributed by atoms with Gasteiger partial charge in [0.2, 0.25) is 0 Å². The zero-order valence-corrected chi connectivity index (χ0v) is 25.5. The van der Waals surface area contributed by atoms with Gasteiger partial charge in [0, 0.05) is 29.1 Å². The second-order valence-corrected chi connectivity index (χ2v) is 12.8. The number of benzene rings is 1. The monoisotopic (exact) mass is 568 g/mol. The summed E-state index contributed by atoms with van der Waals surface area (Å²) in [5, 5.41) is 14.9. The van der Waals surface area contributed by atoms with Crippen LogP contribution in [0, 0.1) is 0 Å². The molecule has 1 aliphatic rings. The summed E-state index contributed by atoms with van der Waals surface area (Å²) in [7, 11) is 0. The molecule has 0 radical (unpaired) electrons. The first kappa shape index (κ1) is 29.2. The number of ether oxygens (including phenoxy) is 1. The van der Waals surface area contributed by atoms with Gasteiger partial charge >= 0.3 is 6.03 Å². The maximum Gasteiger partial charge on any atom is 0.319 e. The Labute approximate surface area is 247 Å². The van der Waals surface area contributed by atoms with E-state index in [1.165, 1.54) is 6.92 Å². The lowest BCUT2D eigenvalue weighted by atomic mass is 9.85. The Hall–Kier alpha value is -4.27. The third kappa shape index (κ3) is 6.00. The summed E-state index contributed by atoms with van der Waals surface area (Å²) in [4.78, 5) is 29.8. The first-order valence-electron chi connectivity index (χ1n) is 14.6. The lowest BCUT2D eigenvalue weighted by Gasteiger charge is -2.32. The predicted molar refractivity (Wildman–Crippen MR) is 163 cm³/mol. The van der Waals surface area contributed by atoms with Crippen molar-refractivity contribution in [3.63, 3.8) is 0 Å². The zero-order chi connectivity index (χ0) is 30.2. The van der Waals surface area contributed by atoms with Crippen molar-refractivity contribution in [3.05, 3.63) is 83.1 Å². The summed E-state index contributed by atoms with van der Waals surface area (Å²) < 4.78 is 8.56. The topological polar surface area (TPSA) is 111 Å². The van der Waals surface area contributed by atoms with Gasteiger partial charge in [0.25, 0.3) is 0 Å². The molecular formula is C33H40N6O3.